The molecule has 2 aromatic heterocycles. The molecule has 0 aliphatic heterocycles. The van der Waals surface area contributed by atoms with Crippen molar-refractivity contribution in [2.45, 2.75) is 0 Å². The monoisotopic (exact) mass is 236 g/mol. The first-order valence-corrected chi connectivity index (χ1v) is 5.80. The number of benzene rings is 1. The number of hydrogen-bond acceptors (Lipinski definition) is 1. The van der Waals surface area contributed by atoms with Crippen LogP contribution in [0.15, 0.2) is 68.0 Å². The maximum absolute atomic E-state index is 4.15. The predicted molar refractivity (Wildman–Crippen MR) is 78.6 cm³/mol. The standard InChI is InChI=1S/C12H10N2.C4H6/c1-14-11-5-3-2-4-9(11)10-6-7-13-8-12(10)14;1-3-4-2/h2-8H,1H3;3-4H,1-2H2. The Morgan fingerprint density at radius 3 is 2.39 bits per heavy atom. The maximum Gasteiger partial charge on any atom is 0.0675 e. The van der Waals surface area contributed by atoms with E-state index < -0.39 is 0 Å². The van der Waals surface area contributed by atoms with Gasteiger partial charge in [-0.15, -0.1) is 0 Å². The zero-order valence-corrected chi connectivity index (χ0v) is 10.5. The van der Waals surface area contributed by atoms with Gasteiger partial charge in [-0.05, 0) is 12.1 Å². The average Bonchev–Trinajstić information content (AvgIpc) is 2.74. The summed E-state index contributed by atoms with van der Waals surface area (Å²) in [6, 6.07) is 10.5. The molecule has 0 aliphatic carbocycles. The minimum Gasteiger partial charge on any atom is -0.342 e. The molecule has 2 nitrogen and oxygen atoms in total. The Morgan fingerprint density at radius 1 is 1.00 bits per heavy atom. The lowest BCUT2D eigenvalue weighted by Crippen LogP contribution is -1.85. The fourth-order valence-electron chi connectivity index (χ4n) is 2.00. The molecule has 0 radical (unpaired) electrons. The van der Waals surface area contributed by atoms with Gasteiger partial charge in [-0.25, -0.2) is 0 Å². The Hall–Kier alpha value is -2.35. The van der Waals surface area contributed by atoms with E-state index in [0.29, 0.717) is 0 Å². The molecule has 2 heteroatoms. The van der Waals surface area contributed by atoms with Crippen molar-refractivity contribution in [3.05, 3.63) is 68.0 Å². The Bertz CT molecular complexity index is 633. The molecule has 0 amide bonds. The van der Waals surface area contributed by atoms with Gasteiger partial charge in [0.15, 0.2) is 0 Å². The summed E-state index contributed by atoms with van der Waals surface area (Å²) in [5.74, 6) is 0. The lowest BCUT2D eigenvalue weighted by atomic mass is 10.2. The largest absolute Gasteiger partial charge is 0.342 e. The van der Waals surface area contributed by atoms with E-state index in [4.69, 9.17) is 0 Å². The molecule has 0 unspecified atom stereocenters. The molecular formula is C16H16N2. The van der Waals surface area contributed by atoms with Gasteiger partial charge in [-0.3, -0.25) is 4.98 Å². The van der Waals surface area contributed by atoms with Crippen molar-refractivity contribution < 1.29 is 0 Å². The van der Waals surface area contributed by atoms with E-state index in [-0.39, 0.29) is 0 Å². The molecule has 1 aromatic carbocycles. The van der Waals surface area contributed by atoms with Gasteiger partial charge in [0.2, 0.25) is 0 Å². The van der Waals surface area contributed by atoms with Crippen molar-refractivity contribution in [3.63, 3.8) is 0 Å². The van der Waals surface area contributed by atoms with Gasteiger partial charge >= 0.3 is 0 Å². The molecule has 3 rings (SSSR count). The van der Waals surface area contributed by atoms with Crippen LogP contribution in [0.25, 0.3) is 21.8 Å². The molecule has 90 valence electrons. The van der Waals surface area contributed by atoms with Gasteiger partial charge < -0.3 is 4.57 Å². The summed E-state index contributed by atoms with van der Waals surface area (Å²) in [6.07, 6.45) is 7.03. The van der Waals surface area contributed by atoms with Crippen molar-refractivity contribution in [1.29, 1.82) is 0 Å². The minimum absolute atomic E-state index is 1.19. The van der Waals surface area contributed by atoms with Crippen molar-refractivity contribution in [2.24, 2.45) is 7.05 Å². The summed E-state index contributed by atoms with van der Waals surface area (Å²) < 4.78 is 2.18. The van der Waals surface area contributed by atoms with Crippen molar-refractivity contribution >= 4 is 21.8 Å². The van der Waals surface area contributed by atoms with E-state index in [1.54, 1.807) is 12.2 Å². The highest BCUT2D eigenvalue weighted by Crippen LogP contribution is 2.26. The normalized spacial score (nSPS) is 9.83. The van der Waals surface area contributed by atoms with E-state index in [2.05, 4.69) is 60.1 Å². The summed E-state index contributed by atoms with van der Waals surface area (Å²) in [5.41, 5.74) is 2.45. The number of aryl methyl sites for hydroxylation is 1. The van der Waals surface area contributed by atoms with E-state index in [1.165, 1.54) is 21.8 Å². The lowest BCUT2D eigenvalue weighted by Gasteiger charge is -1.95. The molecule has 0 aliphatic rings. The highest BCUT2D eigenvalue weighted by molar-refractivity contribution is 6.07. The number of fused-ring (bicyclic) bond motifs is 3. The minimum atomic E-state index is 1.19. The fraction of sp³-hybridized carbons (Fsp3) is 0.0625. The van der Waals surface area contributed by atoms with Crippen LogP contribution >= 0.6 is 0 Å². The van der Waals surface area contributed by atoms with Crippen LogP contribution in [0.1, 0.15) is 0 Å². The van der Waals surface area contributed by atoms with Crippen LogP contribution in [0.2, 0.25) is 0 Å². The second-order valence-electron chi connectivity index (χ2n) is 3.94. The van der Waals surface area contributed by atoms with Crippen LogP contribution in [0.5, 0.6) is 0 Å². The number of rotatable bonds is 1. The molecule has 0 bridgehead atoms. The molecule has 2 heterocycles. The van der Waals surface area contributed by atoms with Crippen LogP contribution in [0.3, 0.4) is 0 Å². The smallest absolute Gasteiger partial charge is 0.0675 e. The van der Waals surface area contributed by atoms with Crippen LogP contribution in [0.4, 0.5) is 0 Å². The summed E-state index contributed by atoms with van der Waals surface area (Å²) in [7, 11) is 2.08. The molecule has 0 saturated heterocycles. The van der Waals surface area contributed by atoms with Crippen molar-refractivity contribution in [3.8, 4) is 0 Å². The Morgan fingerprint density at radius 2 is 1.67 bits per heavy atom. The molecular weight excluding hydrogens is 220 g/mol. The summed E-state index contributed by atoms with van der Waals surface area (Å²) in [5, 5.41) is 2.57. The van der Waals surface area contributed by atoms with Crippen LogP contribution in [0, 0.1) is 0 Å². The zero-order valence-electron chi connectivity index (χ0n) is 10.5. The quantitative estimate of drug-likeness (QED) is 0.582. The summed E-state index contributed by atoms with van der Waals surface area (Å²) in [4.78, 5) is 4.15. The number of pyridine rings is 1. The van der Waals surface area contributed by atoms with E-state index in [1.807, 2.05) is 12.4 Å². The molecule has 3 aromatic rings. The molecule has 0 fully saturated rings. The zero-order chi connectivity index (χ0) is 13.0. The van der Waals surface area contributed by atoms with Gasteiger partial charge in [-0.1, -0.05) is 43.5 Å². The molecule has 0 atom stereocenters. The second kappa shape index (κ2) is 5.32. The Kier molecular flexibility index (Phi) is 3.58. The highest BCUT2D eigenvalue weighted by atomic mass is 14.9. The number of aromatic nitrogens is 2. The molecule has 0 N–H and O–H groups in total. The van der Waals surface area contributed by atoms with Crippen LogP contribution < -0.4 is 0 Å². The number of para-hydroxylation sites is 1. The average molecular weight is 236 g/mol. The third kappa shape index (κ3) is 2.05. The van der Waals surface area contributed by atoms with Gasteiger partial charge in [0, 0.05) is 29.5 Å². The molecule has 18 heavy (non-hydrogen) atoms. The lowest BCUT2D eigenvalue weighted by molar-refractivity contribution is 1.01. The van der Waals surface area contributed by atoms with Gasteiger partial charge in [0.25, 0.3) is 0 Å². The molecule has 0 saturated carbocycles. The van der Waals surface area contributed by atoms with E-state index in [0.717, 1.165) is 0 Å². The number of nitrogens with zero attached hydrogens (tertiary/aromatic N) is 2. The summed E-state index contributed by atoms with van der Waals surface area (Å²) >= 11 is 0. The first kappa shape index (κ1) is 12.1. The van der Waals surface area contributed by atoms with Crippen LogP contribution in [-0.4, -0.2) is 9.55 Å². The topological polar surface area (TPSA) is 17.8 Å². The second-order valence-corrected chi connectivity index (χ2v) is 3.94. The third-order valence-corrected chi connectivity index (χ3v) is 2.88. The first-order chi connectivity index (χ1) is 8.79. The Balaban J connectivity index is 0.000000267. The van der Waals surface area contributed by atoms with Crippen molar-refractivity contribution in [1.82, 2.24) is 9.55 Å². The maximum atomic E-state index is 4.15. The SMILES string of the molecule is C=CC=C.Cn1c2ccccc2c2ccncc21. The van der Waals surface area contributed by atoms with Gasteiger partial charge in [0.1, 0.15) is 0 Å². The highest BCUT2D eigenvalue weighted by Gasteiger charge is 2.05. The third-order valence-electron chi connectivity index (χ3n) is 2.88. The van der Waals surface area contributed by atoms with Gasteiger partial charge in [-0.2, -0.15) is 0 Å². The fourth-order valence-corrected chi connectivity index (χ4v) is 2.00. The van der Waals surface area contributed by atoms with E-state index >= 15 is 0 Å². The molecule has 0 spiro atoms. The van der Waals surface area contributed by atoms with Crippen LogP contribution in [-0.2, 0) is 7.05 Å². The van der Waals surface area contributed by atoms with Gasteiger partial charge in [0.05, 0.1) is 11.7 Å². The predicted octanol–water partition coefficient (Wildman–Crippen LogP) is 4.08. The number of allylic oxidation sites excluding steroid dienone is 2. The van der Waals surface area contributed by atoms with E-state index in [9.17, 15) is 0 Å². The number of hydrogen-bond donors (Lipinski definition) is 0. The summed E-state index contributed by atoms with van der Waals surface area (Å²) in [6.45, 7) is 6.72. The first-order valence-electron chi connectivity index (χ1n) is 5.80. The van der Waals surface area contributed by atoms with Crippen molar-refractivity contribution in [2.75, 3.05) is 0 Å². The Labute approximate surface area is 107 Å².